The van der Waals surface area contributed by atoms with Crippen molar-refractivity contribution in [3.8, 4) is 5.75 Å². The summed E-state index contributed by atoms with van der Waals surface area (Å²) in [5, 5.41) is 9.85. The molecule has 1 heterocycles. The zero-order valence-corrected chi connectivity index (χ0v) is 25.5. The third-order valence-electron chi connectivity index (χ3n) is 7.89. The maximum absolute atomic E-state index is 13.4. The van der Waals surface area contributed by atoms with Crippen LogP contribution >= 0.6 is 11.6 Å². The van der Waals surface area contributed by atoms with E-state index in [9.17, 15) is 26.7 Å². The van der Waals surface area contributed by atoms with E-state index in [0.29, 0.717) is 29.7 Å². The summed E-state index contributed by atoms with van der Waals surface area (Å²) in [5.74, 6) is 0.0690. The Morgan fingerprint density at radius 2 is 1.67 bits per heavy atom. The molecule has 2 unspecified atom stereocenters. The maximum atomic E-state index is 13.4. The molecular formula is C30H35ClN2O7S2. The van der Waals surface area contributed by atoms with Gasteiger partial charge in [-0.1, -0.05) is 43.2 Å². The van der Waals surface area contributed by atoms with Crippen molar-refractivity contribution in [2.45, 2.75) is 74.0 Å². The standard InChI is InChI=1S/C30H35ClN2O7S2/c31-18-17-26(33-41(36,37)23-11-4-3-5-12-23)42(38,39)32-22-10-8-9-21(19-22)27(20-15-16-20)28-29(34)24-13-6-1-2-7-14-25(24)40-30(28)35/h3-5,8-12,19-20,26-27,32-34H,1-2,6-7,13-18H2. The molecule has 2 aromatic carbocycles. The molecule has 0 amide bonds. The Bertz CT molecular complexity index is 1690. The van der Waals surface area contributed by atoms with Gasteiger partial charge in [-0.25, -0.2) is 21.6 Å². The van der Waals surface area contributed by atoms with Crippen LogP contribution in [0.5, 0.6) is 5.75 Å². The minimum atomic E-state index is -4.28. The van der Waals surface area contributed by atoms with Gasteiger partial charge in [0.1, 0.15) is 16.9 Å². The Morgan fingerprint density at radius 3 is 2.36 bits per heavy atom. The minimum Gasteiger partial charge on any atom is -0.507 e. The van der Waals surface area contributed by atoms with Gasteiger partial charge in [-0.15, -0.1) is 11.6 Å². The molecule has 0 spiro atoms. The summed E-state index contributed by atoms with van der Waals surface area (Å²) in [6.45, 7) is 0. The average molecular weight is 635 g/mol. The summed E-state index contributed by atoms with van der Waals surface area (Å²) in [7, 11) is -8.42. The van der Waals surface area contributed by atoms with Crippen LogP contribution in [0.25, 0.3) is 0 Å². The summed E-state index contributed by atoms with van der Waals surface area (Å²) in [6, 6.07) is 14.1. The van der Waals surface area contributed by atoms with Crippen molar-refractivity contribution in [2.75, 3.05) is 10.6 Å². The molecule has 9 nitrogen and oxygen atoms in total. The van der Waals surface area contributed by atoms with Crippen LogP contribution in [0.1, 0.15) is 73.3 Å². The van der Waals surface area contributed by atoms with Gasteiger partial charge in [-0.2, -0.15) is 4.72 Å². The van der Waals surface area contributed by atoms with Crippen LogP contribution in [0, 0.1) is 5.92 Å². The Kier molecular flexibility index (Phi) is 9.31. The third kappa shape index (κ3) is 6.85. The van der Waals surface area contributed by atoms with Gasteiger partial charge in [0.25, 0.3) is 0 Å². The number of benzene rings is 2. The second kappa shape index (κ2) is 12.8. The van der Waals surface area contributed by atoms with Crippen LogP contribution in [-0.2, 0) is 32.9 Å². The number of hydrogen-bond acceptors (Lipinski definition) is 7. The molecule has 0 saturated heterocycles. The molecule has 1 fully saturated rings. The van der Waals surface area contributed by atoms with Crippen molar-refractivity contribution < 1.29 is 26.4 Å². The van der Waals surface area contributed by atoms with Gasteiger partial charge < -0.3 is 9.52 Å². The molecule has 0 aliphatic heterocycles. The highest BCUT2D eigenvalue weighted by Gasteiger charge is 2.39. The summed E-state index contributed by atoms with van der Waals surface area (Å²) >= 11 is 5.87. The number of fused-ring (bicyclic) bond motifs is 1. The van der Waals surface area contributed by atoms with Crippen molar-refractivity contribution >= 4 is 37.3 Å². The monoisotopic (exact) mass is 634 g/mol. The number of hydrogen-bond donors (Lipinski definition) is 3. The van der Waals surface area contributed by atoms with Gasteiger partial charge in [0.2, 0.25) is 20.0 Å². The molecule has 3 aromatic rings. The van der Waals surface area contributed by atoms with E-state index in [1.807, 2.05) is 0 Å². The number of alkyl halides is 1. The molecule has 3 N–H and O–H groups in total. The Morgan fingerprint density at radius 1 is 0.952 bits per heavy atom. The van der Waals surface area contributed by atoms with Crippen LogP contribution in [0.3, 0.4) is 0 Å². The van der Waals surface area contributed by atoms with E-state index in [1.165, 1.54) is 12.1 Å². The molecule has 0 radical (unpaired) electrons. The lowest BCUT2D eigenvalue weighted by Gasteiger charge is -2.23. The van der Waals surface area contributed by atoms with E-state index < -0.39 is 37.0 Å². The fourth-order valence-electron chi connectivity index (χ4n) is 5.65. The minimum absolute atomic E-state index is 0.0106. The van der Waals surface area contributed by atoms with Gasteiger partial charge in [-0.05, 0) is 74.3 Å². The molecule has 1 saturated carbocycles. The lowest BCUT2D eigenvalue weighted by molar-refractivity contribution is 0.382. The van der Waals surface area contributed by atoms with Gasteiger partial charge in [-0.3, -0.25) is 4.72 Å². The highest BCUT2D eigenvalue weighted by molar-refractivity contribution is 7.95. The highest BCUT2D eigenvalue weighted by atomic mass is 35.5. The van der Waals surface area contributed by atoms with Gasteiger partial charge in [0.15, 0.2) is 0 Å². The van der Waals surface area contributed by atoms with Crippen LogP contribution < -0.4 is 15.1 Å². The highest BCUT2D eigenvalue weighted by Crippen LogP contribution is 2.49. The van der Waals surface area contributed by atoms with E-state index in [1.54, 1.807) is 42.5 Å². The molecule has 2 aliphatic carbocycles. The molecule has 0 bridgehead atoms. The first-order valence-electron chi connectivity index (χ1n) is 14.2. The quantitative estimate of drug-likeness (QED) is 0.245. The number of aromatic hydroxyl groups is 1. The van der Waals surface area contributed by atoms with Crippen LogP contribution in [0.4, 0.5) is 5.69 Å². The summed E-state index contributed by atoms with van der Waals surface area (Å²) < 4.78 is 63.2. The first kappa shape index (κ1) is 30.6. The number of rotatable bonds is 11. The fourth-order valence-corrected chi connectivity index (χ4v) is 9.02. The van der Waals surface area contributed by atoms with Crippen LogP contribution in [0.15, 0.2) is 68.7 Å². The SMILES string of the molecule is O=c1oc2c(c(O)c1C(c1cccc(NS(=O)(=O)C(CCCl)NS(=O)(=O)c3ccccc3)c1)C1CC1)CCCCCC2. The summed E-state index contributed by atoms with van der Waals surface area (Å²) in [5.41, 5.74) is 1.21. The van der Waals surface area contributed by atoms with Crippen molar-refractivity contribution in [3.63, 3.8) is 0 Å². The lowest BCUT2D eigenvalue weighted by atomic mass is 9.85. The molecule has 5 rings (SSSR count). The molecule has 2 aliphatic rings. The van der Waals surface area contributed by atoms with E-state index >= 15 is 0 Å². The average Bonchev–Trinajstić information content (AvgIpc) is 3.77. The van der Waals surface area contributed by atoms with Crippen molar-refractivity contribution in [1.29, 1.82) is 0 Å². The third-order valence-corrected chi connectivity index (χ3v) is 11.4. The predicted octanol–water partition coefficient (Wildman–Crippen LogP) is 5.22. The van der Waals surface area contributed by atoms with Crippen LogP contribution in [0.2, 0.25) is 0 Å². The first-order chi connectivity index (χ1) is 20.1. The zero-order valence-electron chi connectivity index (χ0n) is 23.1. The largest absolute Gasteiger partial charge is 0.507 e. The van der Waals surface area contributed by atoms with Crippen molar-refractivity contribution in [1.82, 2.24) is 4.72 Å². The normalized spacial score (nSPS) is 17.5. The molecule has 226 valence electrons. The molecule has 1 aromatic heterocycles. The molecular weight excluding hydrogens is 600 g/mol. The smallest absolute Gasteiger partial charge is 0.343 e. The van der Waals surface area contributed by atoms with Crippen molar-refractivity contribution in [3.05, 3.63) is 87.5 Å². The number of sulfonamides is 2. The molecule has 2 atom stereocenters. The van der Waals surface area contributed by atoms with Crippen molar-refractivity contribution in [2.24, 2.45) is 5.92 Å². The van der Waals surface area contributed by atoms with Gasteiger partial charge in [0, 0.05) is 29.5 Å². The second-order valence-corrected chi connectivity index (χ2v) is 14.9. The Hall–Kier alpha value is -2.86. The Balaban J connectivity index is 1.45. The predicted molar refractivity (Wildman–Crippen MR) is 162 cm³/mol. The first-order valence-corrected chi connectivity index (χ1v) is 17.8. The van der Waals surface area contributed by atoms with E-state index in [2.05, 4.69) is 9.44 Å². The number of anilines is 1. The molecule has 12 heteroatoms. The number of nitrogens with one attached hydrogen (secondary N) is 2. The fraction of sp³-hybridized carbons (Fsp3) is 0.433. The maximum Gasteiger partial charge on any atom is 0.343 e. The van der Waals surface area contributed by atoms with E-state index in [0.717, 1.165) is 38.5 Å². The van der Waals surface area contributed by atoms with E-state index in [4.69, 9.17) is 16.0 Å². The topological polar surface area (TPSA) is 143 Å². The summed E-state index contributed by atoms with van der Waals surface area (Å²) in [4.78, 5) is 13.2. The summed E-state index contributed by atoms with van der Waals surface area (Å²) in [6.07, 6.45) is 6.69. The van der Waals surface area contributed by atoms with Crippen LogP contribution in [-0.4, -0.2) is 33.2 Å². The molecule has 42 heavy (non-hydrogen) atoms. The van der Waals surface area contributed by atoms with E-state index in [-0.39, 0.29) is 40.1 Å². The lowest BCUT2D eigenvalue weighted by Crippen LogP contribution is -2.43. The second-order valence-electron chi connectivity index (χ2n) is 11.0. The zero-order chi connectivity index (χ0) is 29.9. The van der Waals surface area contributed by atoms with Gasteiger partial charge >= 0.3 is 5.63 Å². The number of aryl methyl sites for hydroxylation is 1. The van der Waals surface area contributed by atoms with Gasteiger partial charge in [0.05, 0.1) is 10.5 Å². The number of halogens is 1. The Labute approximate surface area is 251 Å².